The van der Waals surface area contributed by atoms with Gasteiger partial charge in [-0.3, -0.25) is 4.79 Å². The summed E-state index contributed by atoms with van der Waals surface area (Å²) >= 11 is 0. The fraction of sp³-hybridized carbons (Fsp3) is 0.263. The lowest BCUT2D eigenvalue weighted by Crippen LogP contribution is -2.24. The number of halogens is 2. The number of pyridine rings is 1. The van der Waals surface area contributed by atoms with E-state index < -0.39 is 6.61 Å². The molecule has 142 valence electrons. The number of rotatable bonds is 7. The van der Waals surface area contributed by atoms with Crippen LogP contribution >= 0.6 is 0 Å². The Hall–Kier alpha value is -3.16. The fourth-order valence-electron chi connectivity index (χ4n) is 2.73. The molecule has 0 saturated heterocycles. The minimum atomic E-state index is -2.93. The number of aromatic nitrogens is 2. The molecule has 1 N–H and O–H groups in total. The third kappa shape index (κ3) is 4.52. The Kier molecular flexibility index (Phi) is 5.54. The molecule has 0 fully saturated rings. The first-order valence-corrected chi connectivity index (χ1v) is 8.28. The van der Waals surface area contributed by atoms with Gasteiger partial charge in [0.15, 0.2) is 11.5 Å². The summed E-state index contributed by atoms with van der Waals surface area (Å²) < 4.78 is 36.0. The Bertz CT molecular complexity index is 957. The van der Waals surface area contributed by atoms with Crippen LogP contribution in [0.1, 0.15) is 16.8 Å². The summed E-state index contributed by atoms with van der Waals surface area (Å²) in [6, 6.07) is 8.40. The molecule has 0 atom stereocenters. The van der Waals surface area contributed by atoms with Crippen molar-refractivity contribution in [1.29, 1.82) is 0 Å². The van der Waals surface area contributed by atoms with Crippen LogP contribution in [-0.4, -0.2) is 29.0 Å². The Balaban J connectivity index is 1.62. The normalized spacial score (nSPS) is 11.0. The van der Waals surface area contributed by atoms with Crippen molar-refractivity contribution < 1.29 is 23.0 Å². The van der Waals surface area contributed by atoms with Crippen molar-refractivity contribution in [2.75, 3.05) is 7.11 Å². The van der Waals surface area contributed by atoms with E-state index in [9.17, 15) is 13.6 Å². The highest BCUT2D eigenvalue weighted by molar-refractivity contribution is 5.78. The third-order valence-electron chi connectivity index (χ3n) is 4.00. The molecule has 0 radical (unpaired) electrons. The molecular weight excluding hydrogens is 356 g/mol. The molecule has 2 aromatic heterocycles. The number of hydrogen-bond donors (Lipinski definition) is 1. The van der Waals surface area contributed by atoms with Gasteiger partial charge >= 0.3 is 6.61 Å². The number of methoxy groups -OCH3 is 1. The summed E-state index contributed by atoms with van der Waals surface area (Å²) in [5.74, 6) is -0.0662. The van der Waals surface area contributed by atoms with Crippen molar-refractivity contribution in [3.63, 3.8) is 0 Å². The summed E-state index contributed by atoms with van der Waals surface area (Å²) in [4.78, 5) is 16.7. The largest absolute Gasteiger partial charge is 0.493 e. The zero-order valence-electron chi connectivity index (χ0n) is 14.9. The molecule has 3 aromatic rings. The first-order chi connectivity index (χ1) is 13.0. The number of aryl methyl sites for hydroxylation is 1. The Labute approximate surface area is 154 Å². The molecular formula is C19H19F2N3O3. The van der Waals surface area contributed by atoms with Crippen molar-refractivity contribution >= 4 is 11.6 Å². The van der Waals surface area contributed by atoms with Crippen LogP contribution in [0.3, 0.4) is 0 Å². The summed E-state index contributed by atoms with van der Waals surface area (Å²) in [5.41, 5.74) is 3.22. The highest BCUT2D eigenvalue weighted by atomic mass is 19.3. The molecule has 0 aliphatic carbocycles. The van der Waals surface area contributed by atoms with E-state index in [0.717, 1.165) is 11.2 Å². The van der Waals surface area contributed by atoms with Gasteiger partial charge in [-0.1, -0.05) is 12.1 Å². The first-order valence-electron chi connectivity index (χ1n) is 8.28. The fourth-order valence-corrected chi connectivity index (χ4v) is 2.73. The molecule has 6 nitrogen and oxygen atoms in total. The summed E-state index contributed by atoms with van der Waals surface area (Å²) in [7, 11) is 1.36. The summed E-state index contributed by atoms with van der Waals surface area (Å²) in [6.45, 7) is -0.740. The predicted octanol–water partition coefficient (Wildman–Crippen LogP) is 3.11. The molecule has 27 heavy (non-hydrogen) atoms. The van der Waals surface area contributed by atoms with Crippen LogP contribution < -0.4 is 14.8 Å². The molecule has 0 bridgehead atoms. The molecule has 0 unspecified atom stereocenters. The Morgan fingerprint density at radius 1 is 1.30 bits per heavy atom. The van der Waals surface area contributed by atoms with Gasteiger partial charge in [-0.2, -0.15) is 8.78 Å². The van der Waals surface area contributed by atoms with Crippen LogP contribution in [0.2, 0.25) is 0 Å². The minimum absolute atomic E-state index is 0.0531. The second-order valence-electron chi connectivity index (χ2n) is 5.97. The van der Waals surface area contributed by atoms with E-state index >= 15 is 0 Å². The Morgan fingerprint density at radius 3 is 2.81 bits per heavy atom. The van der Waals surface area contributed by atoms with Gasteiger partial charge in [0.1, 0.15) is 5.65 Å². The molecule has 0 aliphatic heterocycles. The molecule has 1 amide bonds. The van der Waals surface area contributed by atoms with Gasteiger partial charge < -0.3 is 19.2 Å². The highest BCUT2D eigenvalue weighted by Gasteiger charge is 2.12. The lowest BCUT2D eigenvalue weighted by Gasteiger charge is -2.11. The van der Waals surface area contributed by atoms with Crippen molar-refractivity contribution in [2.45, 2.75) is 26.5 Å². The predicted molar refractivity (Wildman–Crippen MR) is 95.1 cm³/mol. The molecule has 0 aliphatic rings. The van der Waals surface area contributed by atoms with Crippen LogP contribution in [0.15, 0.2) is 42.7 Å². The molecule has 3 rings (SSSR count). The maximum absolute atomic E-state index is 12.4. The van der Waals surface area contributed by atoms with Gasteiger partial charge in [0.25, 0.3) is 0 Å². The van der Waals surface area contributed by atoms with Crippen molar-refractivity contribution in [3.05, 3.63) is 59.5 Å². The monoisotopic (exact) mass is 375 g/mol. The number of carbonyl (C=O) groups excluding carboxylic acids is 1. The molecule has 8 heteroatoms. The van der Waals surface area contributed by atoms with E-state index in [1.165, 1.54) is 13.2 Å². The van der Waals surface area contributed by atoms with E-state index in [0.29, 0.717) is 11.3 Å². The molecule has 0 saturated carbocycles. The van der Waals surface area contributed by atoms with E-state index in [4.69, 9.17) is 4.74 Å². The van der Waals surface area contributed by atoms with Gasteiger partial charge in [0, 0.05) is 18.9 Å². The van der Waals surface area contributed by atoms with Crippen LogP contribution in [-0.2, 0) is 17.8 Å². The van der Waals surface area contributed by atoms with Crippen molar-refractivity contribution in [3.8, 4) is 11.5 Å². The smallest absolute Gasteiger partial charge is 0.387 e. The highest BCUT2D eigenvalue weighted by Crippen LogP contribution is 2.29. The maximum atomic E-state index is 12.4. The lowest BCUT2D eigenvalue weighted by molar-refractivity contribution is -0.120. The standard InChI is InChI=1S/C19H19F2N3O3/c1-12-4-3-7-24-11-14(23-18(12)24)9-17(25)22-10-13-5-6-15(27-19(20)21)16(8-13)26-2/h3-8,11,19H,9-10H2,1-2H3,(H,22,25). The molecule has 2 heterocycles. The Morgan fingerprint density at radius 2 is 2.11 bits per heavy atom. The van der Waals surface area contributed by atoms with Crippen molar-refractivity contribution in [2.24, 2.45) is 0 Å². The van der Waals surface area contributed by atoms with Gasteiger partial charge in [0.2, 0.25) is 5.91 Å². The topological polar surface area (TPSA) is 64.9 Å². The third-order valence-corrected chi connectivity index (χ3v) is 4.00. The number of carbonyl (C=O) groups is 1. The maximum Gasteiger partial charge on any atom is 0.387 e. The number of imidazole rings is 1. The lowest BCUT2D eigenvalue weighted by atomic mass is 10.2. The van der Waals surface area contributed by atoms with Gasteiger partial charge in [-0.15, -0.1) is 0 Å². The number of nitrogens with one attached hydrogen (secondary N) is 1. The van der Waals surface area contributed by atoms with E-state index in [-0.39, 0.29) is 30.4 Å². The van der Waals surface area contributed by atoms with Crippen LogP contribution in [0.5, 0.6) is 11.5 Å². The zero-order valence-corrected chi connectivity index (χ0v) is 14.9. The van der Waals surface area contributed by atoms with Gasteiger partial charge in [-0.05, 0) is 36.2 Å². The van der Waals surface area contributed by atoms with E-state index in [1.54, 1.807) is 12.1 Å². The SMILES string of the molecule is COc1cc(CNC(=O)Cc2cn3cccc(C)c3n2)ccc1OC(F)F. The minimum Gasteiger partial charge on any atom is -0.493 e. The number of nitrogens with zero attached hydrogens (tertiary/aromatic N) is 2. The van der Waals surface area contributed by atoms with Crippen LogP contribution in [0.4, 0.5) is 8.78 Å². The number of hydrogen-bond acceptors (Lipinski definition) is 4. The number of fused-ring (bicyclic) bond motifs is 1. The number of alkyl halides is 2. The van der Waals surface area contributed by atoms with Crippen molar-refractivity contribution in [1.82, 2.24) is 14.7 Å². The quantitative estimate of drug-likeness (QED) is 0.689. The first kappa shape index (κ1) is 18.6. The van der Waals surface area contributed by atoms with Crippen LogP contribution in [0.25, 0.3) is 5.65 Å². The average Bonchev–Trinajstić information content (AvgIpc) is 3.04. The summed E-state index contributed by atoms with van der Waals surface area (Å²) in [5, 5.41) is 2.79. The second kappa shape index (κ2) is 8.03. The summed E-state index contributed by atoms with van der Waals surface area (Å²) in [6.07, 6.45) is 3.85. The molecule has 1 aromatic carbocycles. The zero-order chi connectivity index (χ0) is 19.4. The average molecular weight is 375 g/mol. The van der Waals surface area contributed by atoms with Gasteiger partial charge in [0.05, 0.1) is 19.2 Å². The van der Waals surface area contributed by atoms with Gasteiger partial charge in [-0.25, -0.2) is 4.98 Å². The van der Waals surface area contributed by atoms with Crippen LogP contribution in [0, 0.1) is 6.92 Å². The second-order valence-corrected chi connectivity index (χ2v) is 5.97. The number of amides is 1. The number of benzene rings is 1. The molecule has 0 spiro atoms. The number of ether oxygens (including phenoxy) is 2. The van der Waals surface area contributed by atoms with E-state index in [1.807, 2.05) is 35.9 Å². The van der Waals surface area contributed by atoms with E-state index in [2.05, 4.69) is 15.0 Å².